The SMILES string of the molecule is COc1cc(-c2cn(C)c(=O)c3cc(C(=N)NC4CCS(=O)(=O)CC4)sc23)ccc1OCC(=O)NCCOCCOCCOCCCc1cccc(SC2CCC(=O)NC2=O)c1. The normalized spacial score (nSPS) is 16.5. The lowest BCUT2D eigenvalue weighted by Gasteiger charge is -2.23. The molecule has 2 fully saturated rings. The van der Waals surface area contributed by atoms with Crippen LogP contribution in [0.2, 0.25) is 0 Å². The van der Waals surface area contributed by atoms with Crippen molar-refractivity contribution in [3.05, 3.63) is 75.5 Å². The number of thiophene rings is 1. The molecule has 1 unspecified atom stereocenters. The first-order valence-electron chi connectivity index (χ1n) is 20.5. The van der Waals surface area contributed by atoms with Crippen molar-refractivity contribution in [3.63, 3.8) is 0 Å². The van der Waals surface area contributed by atoms with E-state index >= 15 is 0 Å². The number of benzene rings is 2. The van der Waals surface area contributed by atoms with Gasteiger partial charge in [0.1, 0.15) is 15.7 Å². The number of sulfone groups is 1. The number of aryl methyl sites for hydroxylation is 2. The molecule has 62 heavy (non-hydrogen) atoms. The smallest absolute Gasteiger partial charge is 0.259 e. The number of hydrogen-bond acceptors (Lipinski definition) is 14. The molecule has 4 heterocycles. The van der Waals surface area contributed by atoms with Crippen molar-refractivity contribution in [3.8, 4) is 22.6 Å². The summed E-state index contributed by atoms with van der Waals surface area (Å²) in [7, 11) is 0.137. The molecule has 334 valence electrons. The minimum absolute atomic E-state index is 0.0891. The van der Waals surface area contributed by atoms with Crippen molar-refractivity contribution in [2.75, 3.05) is 71.4 Å². The number of fused-ring (bicyclic) bond motifs is 1. The van der Waals surface area contributed by atoms with Gasteiger partial charge in [0, 0.05) is 54.0 Å². The molecule has 3 amide bonds. The number of methoxy groups -OCH3 is 1. The van der Waals surface area contributed by atoms with Crippen LogP contribution in [0, 0.1) is 5.41 Å². The number of amides is 3. The molecule has 2 aliphatic heterocycles. The summed E-state index contributed by atoms with van der Waals surface area (Å²) in [5.41, 5.74) is 2.47. The van der Waals surface area contributed by atoms with E-state index in [1.54, 1.807) is 31.4 Å². The van der Waals surface area contributed by atoms with E-state index in [0.29, 0.717) is 98.3 Å². The summed E-state index contributed by atoms with van der Waals surface area (Å²) in [6.45, 7) is 2.61. The maximum Gasteiger partial charge on any atom is 0.259 e. The van der Waals surface area contributed by atoms with Gasteiger partial charge in [0.05, 0.1) is 67.2 Å². The molecule has 2 saturated heterocycles. The minimum atomic E-state index is -3.03. The maximum atomic E-state index is 13.1. The molecule has 19 heteroatoms. The van der Waals surface area contributed by atoms with Crippen molar-refractivity contribution in [2.24, 2.45) is 7.05 Å². The van der Waals surface area contributed by atoms with Gasteiger partial charge in [-0.15, -0.1) is 23.1 Å². The zero-order valence-electron chi connectivity index (χ0n) is 34.8. The zero-order valence-corrected chi connectivity index (χ0v) is 37.3. The number of ether oxygens (including phenoxy) is 5. The Kier molecular flexibility index (Phi) is 17.0. The largest absolute Gasteiger partial charge is 0.493 e. The lowest BCUT2D eigenvalue weighted by atomic mass is 10.1. The van der Waals surface area contributed by atoms with Crippen LogP contribution in [0.25, 0.3) is 21.2 Å². The van der Waals surface area contributed by atoms with Crippen LogP contribution >= 0.6 is 23.1 Å². The monoisotopic (exact) mass is 911 g/mol. The fourth-order valence-electron chi connectivity index (χ4n) is 6.95. The Balaban J connectivity index is 0.845. The number of thioether (sulfide) groups is 1. The van der Waals surface area contributed by atoms with E-state index in [-0.39, 0.29) is 58.5 Å². The van der Waals surface area contributed by atoms with Crippen molar-refractivity contribution >= 4 is 66.6 Å². The van der Waals surface area contributed by atoms with Crippen LogP contribution in [0.3, 0.4) is 0 Å². The first-order chi connectivity index (χ1) is 29.9. The van der Waals surface area contributed by atoms with Crippen LogP contribution in [-0.2, 0) is 51.9 Å². The highest BCUT2D eigenvalue weighted by Crippen LogP contribution is 2.38. The molecule has 6 rings (SSSR count). The molecule has 16 nitrogen and oxygen atoms in total. The van der Waals surface area contributed by atoms with Gasteiger partial charge in [-0.1, -0.05) is 18.2 Å². The Hall–Kier alpha value is -4.79. The quantitative estimate of drug-likeness (QED) is 0.0383. The van der Waals surface area contributed by atoms with Gasteiger partial charge in [0.15, 0.2) is 18.1 Å². The maximum absolute atomic E-state index is 13.1. The third-order valence-corrected chi connectivity index (χ3v) is 14.4. The van der Waals surface area contributed by atoms with E-state index in [1.165, 1.54) is 40.3 Å². The number of hydrogen-bond donors (Lipinski definition) is 4. The Labute approximate surface area is 368 Å². The topological polar surface area (TPSA) is 213 Å². The molecular formula is C43H53N5O11S3. The third-order valence-electron chi connectivity index (χ3n) is 10.3. The summed E-state index contributed by atoms with van der Waals surface area (Å²) in [6, 6.07) is 15.0. The summed E-state index contributed by atoms with van der Waals surface area (Å²) in [4.78, 5) is 50.7. The highest BCUT2D eigenvalue weighted by molar-refractivity contribution is 8.00. The first kappa shape index (κ1) is 46.7. The number of amidine groups is 1. The number of imide groups is 1. The van der Waals surface area contributed by atoms with Gasteiger partial charge in [-0.05, 0) is 73.6 Å². The van der Waals surface area contributed by atoms with Crippen LogP contribution in [0.4, 0.5) is 0 Å². The Morgan fingerprint density at radius 2 is 1.69 bits per heavy atom. The number of pyridine rings is 1. The minimum Gasteiger partial charge on any atom is -0.493 e. The number of carbonyl (C=O) groups excluding carboxylic acids is 3. The van der Waals surface area contributed by atoms with E-state index in [0.717, 1.165) is 28.9 Å². The van der Waals surface area contributed by atoms with Crippen LogP contribution in [0.15, 0.2) is 64.4 Å². The summed E-state index contributed by atoms with van der Waals surface area (Å²) in [6.07, 6.45) is 5.21. The van der Waals surface area contributed by atoms with E-state index < -0.39 is 9.84 Å². The standard InChI is InChI=1S/C43H53N5O11S3/c1-48-26-33(40-32(43(48)52)25-37(61-40)41(44)46-30-12-21-62(53,54)22-13-30)29-8-9-34(35(24-29)55-2)59-27-39(50)45-14-16-57-18-20-58-19-17-56-15-4-6-28-5-3-7-31(23-28)60-36-10-11-38(49)47-42(36)51/h3,5,7-9,23-26,30,36H,4,6,10-22,27H2,1-2H3,(H2,44,46)(H,45,50)(H,47,49,51). The number of nitrogens with zero attached hydrogens (tertiary/aromatic N) is 1. The number of rotatable bonds is 22. The van der Waals surface area contributed by atoms with E-state index in [1.807, 2.05) is 18.2 Å². The van der Waals surface area contributed by atoms with Gasteiger partial charge in [-0.25, -0.2) is 8.42 Å². The molecule has 2 aliphatic rings. The average molecular weight is 912 g/mol. The lowest BCUT2D eigenvalue weighted by Crippen LogP contribution is -2.42. The van der Waals surface area contributed by atoms with Crippen LogP contribution in [-0.4, -0.2) is 119 Å². The molecule has 2 aromatic heterocycles. The Bertz CT molecular complexity index is 2390. The molecule has 4 N–H and O–H groups in total. The van der Waals surface area contributed by atoms with E-state index in [2.05, 4.69) is 28.1 Å². The van der Waals surface area contributed by atoms with Crippen molar-refractivity contribution in [1.29, 1.82) is 5.41 Å². The van der Waals surface area contributed by atoms with Crippen LogP contribution < -0.4 is 31.0 Å². The van der Waals surface area contributed by atoms with Crippen LogP contribution in [0.1, 0.15) is 42.5 Å². The molecule has 4 aromatic rings. The summed E-state index contributed by atoms with van der Waals surface area (Å²) in [5, 5.41) is 17.2. The molecule has 0 radical (unpaired) electrons. The predicted octanol–water partition coefficient (Wildman–Crippen LogP) is 3.84. The average Bonchev–Trinajstić information content (AvgIpc) is 3.71. The van der Waals surface area contributed by atoms with Crippen molar-refractivity contribution in [2.45, 2.75) is 54.7 Å². The summed E-state index contributed by atoms with van der Waals surface area (Å²) >= 11 is 2.80. The number of carbonyl (C=O) groups is 3. The highest BCUT2D eigenvalue weighted by atomic mass is 32.2. The van der Waals surface area contributed by atoms with E-state index in [9.17, 15) is 27.6 Å². The highest BCUT2D eigenvalue weighted by Gasteiger charge is 2.28. The zero-order chi connectivity index (χ0) is 44.1. The summed E-state index contributed by atoms with van der Waals surface area (Å²) < 4.78 is 54.1. The molecule has 1 atom stereocenters. The number of aromatic nitrogens is 1. The van der Waals surface area contributed by atoms with Gasteiger partial charge in [0.25, 0.3) is 11.5 Å². The molecule has 2 aromatic carbocycles. The van der Waals surface area contributed by atoms with Crippen molar-refractivity contribution in [1.82, 2.24) is 20.5 Å². The lowest BCUT2D eigenvalue weighted by molar-refractivity contribution is -0.132. The predicted molar refractivity (Wildman–Crippen MR) is 238 cm³/mol. The fraction of sp³-hybridized carbons (Fsp3) is 0.465. The number of nitrogens with one attached hydrogen (secondary N) is 4. The fourth-order valence-corrected chi connectivity index (χ4v) is 10.6. The molecule has 0 aliphatic carbocycles. The van der Waals surface area contributed by atoms with Gasteiger partial charge in [-0.3, -0.25) is 29.9 Å². The van der Waals surface area contributed by atoms with Crippen molar-refractivity contribution < 1.29 is 46.5 Å². The second-order valence-electron chi connectivity index (χ2n) is 14.9. The number of piperidine rings is 1. The van der Waals surface area contributed by atoms with Crippen LogP contribution in [0.5, 0.6) is 11.5 Å². The van der Waals surface area contributed by atoms with Gasteiger partial charge < -0.3 is 38.9 Å². The molecule has 0 spiro atoms. The molecule has 0 saturated carbocycles. The van der Waals surface area contributed by atoms with Gasteiger partial charge in [0.2, 0.25) is 11.8 Å². The van der Waals surface area contributed by atoms with E-state index in [4.69, 9.17) is 29.1 Å². The Morgan fingerprint density at radius 3 is 2.44 bits per heavy atom. The molecular weight excluding hydrogens is 859 g/mol. The van der Waals surface area contributed by atoms with Gasteiger partial charge >= 0.3 is 0 Å². The van der Waals surface area contributed by atoms with Gasteiger partial charge in [-0.2, -0.15) is 0 Å². The Morgan fingerprint density at radius 1 is 0.952 bits per heavy atom. The molecule has 0 bridgehead atoms. The second kappa shape index (κ2) is 22.5. The summed E-state index contributed by atoms with van der Waals surface area (Å²) in [5.74, 6) is 0.330. The second-order valence-corrected chi connectivity index (χ2v) is 19.5. The third kappa shape index (κ3) is 13.4. The first-order valence-corrected chi connectivity index (χ1v) is 24.0.